The van der Waals surface area contributed by atoms with Crippen LogP contribution in [-0.4, -0.2) is 30.4 Å². The zero-order valence-corrected chi connectivity index (χ0v) is 12.9. The smallest absolute Gasteiger partial charge is 0.255 e. The first-order valence-electron chi connectivity index (χ1n) is 5.56. The molecule has 0 bridgehead atoms. The van der Waals surface area contributed by atoms with E-state index in [9.17, 15) is 4.79 Å². The van der Waals surface area contributed by atoms with Crippen LogP contribution in [0.15, 0.2) is 22.7 Å². The highest BCUT2D eigenvalue weighted by atomic mass is 79.9. The summed E-state index contributed by atoms with van der Waals surface area (Å²) < 4.78 is 0.875. The summed E-state index contributed by atoms with van der Waals surface area (Å²) in [5.74, 6) is 0.423. The van der Waals surface area contributed by atoms with Crippen molar-refractivity contribution in [1.82, 2.24) is 4.90 Å². The van der Waals surface area contributed by atoms with Crippen LogP contribution in [0.4, 0.5) is 0 Å². The zero-order valence-electron chi connectivity index (χ0n) is 9.73. The highest BCUT2D eigenvalue weighted by molar-refractivity contribution is 9.10. The van der Waals surface area contributed by atoms with E-state index in [-0.39, 0.29) is 18.3 Å². The fourth-order valence-electron chi connectivity index (χ4n) is 2.04. The fraction of sp³-hybridized carbons (Fsp3) is 0.417. The van der Waals surface area contributed by atoms with Gasteiger partial charge < -0.3 is 10.6 Å². The predicted octanol–water partition coefficient (Wildman–Crippen LogP) is 2.95. The molecule has 2 rings (SSSR count). The summed E-state index contributed by atoms with van der Waals surface area (Å²) in [5, 5.41) is 0.487. The quantitative estimate of drug-likeness (QED) is 0.888. The van der Waals surface area contributed by atoms with Crippen molar-refractivity contribution in [2.24, 2.45) is 11.7 Å². The Bertz CT molecular complexity index is 442. The van der Waals surface area contributed by atoms with Gasteiger partial charge in [0.2, 0.25) is 0 Å². The molecule has 1 heterocycles. The second-order valence-corrected chi connectivity index (χ2v) is 5.59. The minimum absolute atomic E-state index is 0. The number of carbonyl (C=O) groups excluding carboxylic acids is 1. The maximum absolute atomic E-state index is 12.2. The molecule has 18 heavy (non-hydrogen) atoms. The summed E-state index contributed by atoms with van der Waals surface area (Å²) in [4.78, 5) is 14.1. The summed E-state index contributed by atoms with van der Waals surface area (Å²) in [5.41, 5.74) is 6.18. The Hall–Kier alpha value is -0.290. The fourth-order valence-corrected chi connectivity index (χ4v) is 2.80. The number of benzene rings is 1. The molecule has 1 aliphatic heterocycles. The van der Waals surface area contributed by atoms with Gasteiger partial charge in [0.05, 0.1) is 10.6 Å². The minimum Gasteiger partial charge on any atom is -0.338 e. The van der Waals surface area contributed by atoms with E-state index < -0.39 is 0 Å². The number of rotatable bonds is 2. The first kappa shape index (κ1) is 15.8. The van der Waals surface area contributed by atoms with Crippen molar-refractivity contribution in [2.45, 2.75) is 6.42 Å². The second-order valence-electron chi connectivity index (χ2n) is 4.27. The van der Waals surface area contributed by atoms with Gasteiger partial charge in [-0.05, 0) is 37.1 Å². The molecule has 6 heteroatoms. The lowest BCUT2D eigenvalue weighted by atomic mass is 10.1. The van der Waals surface area contributed by atoms with Gasteiger partial charge in [0, 0.05) is 17.6 Å². The highest BCUT2D eigenvalue weighted by Gasteiger charge is 2.26. The number of hydrogen-bond donors (Lipinski definition) is 1. The van der Waals surface area contributed by atoms with Gasteiger partial charge in [-0.15, -0.1) is 12.4 Å². The van der Waals surface area contributed by atoms with E-state index in [0.717, 1.165) is 24.0 Å². The van der Waals surface area contributed by atoms with E-state index in [2.05, 4.69) is 15.9 Å². The molecule has 1 fully saturated rings. The van der Waals surface area contributed by atoms with Crippen molar-refractivity contribution in [3.8, 4) is 0 Å². The zero-order chi connectivity index (χ0) is 12.4. The SMILES string of the molecule is Cl.NCC1CCN(C(=O)c2ccc(Br)cc2Cl)C1. The maximum Gasteiger partial charge on any atom is 0.255 e. The average Bonchev–Trinajstić information content (AvgIpc) is 2.76. The molecule has 1 atom stereocenters. The van der Waals surface area contributed by atoms with Crippen molar-refractivity contribution < 1.29 is 4.79 Å². The van der Waals surface area contributed by atoms with Crippen molar-refractivity contribution in [1.29, 1.82) is 0 Å². The van der Waals surface area contributed by atoms with Gasteiger partial charge in [0.1, 0.15) is 0 Å². The number of carbonyl (C=O) groups is 1. The molecule has 1 aromatic rings. The summed E-state index contributed by atoms with van der Waals surface area (Å²) in [7, 11) is 0. The van der Waals surface area contributed by atoms with Gasteiger partial charge in [0.25, 0.3) is 5.91 Å². The van der Waals surface area contributed by atoms with E-state index in [1.807, 2.05) is 11.0 Å². The number of likely N-dealkylation sites (tertiary alicyclic amines) is 1. The predicted molar refractivity (Wildman–Crippen MR) is 79.5 cm³/mol. The number of nitrogens with two attached hydrogens (primary N) is 1. The standard InChI is InChI=1S/C12H14BrClN2O.ClH/c13-9-1-2-10(11(14)5-9)12(17)16-4-3-8(6-15)7-16;/h1-2,5,8H,3-4,6-7,15H2;1H. The van der Waals surface area contributed by atoms with Gasteiger partial charge in [0.15, 0.2) is 0 Å². The third-order valence-electron chi connectivity index (χ3n) is 3.07. The molecule has 3 nitrogen and oxygen atoms in total. The number of halogens is 3. The summed E-state index contributed by atoms with van der Waals surface area (Å²) in [6.07, 6.45) is 0.983. The van der Waals surface area contributed by atoms with E-state index in [0.29, 0.717) is 23.0 Å². The normalized spacial score (nSPS) is 18.6. The number of hydrogen-bond acceptors (Lipinski definition) is 2. The lowest BCUT2D eigenvalue weighted by Crippen LogP contribution is -2.30. The van der Waals surface area contributed by atoms with Gasteiger partial charge in [-0.2, -0.15) is 0 Å². The molecular weight excluding hydrogens is 339 g/mol. The Morgan fingerprint density at radius 1 is 1.56 bits per heavy atom. The van der Waals surface area contributed by atoms with Crippen LogP contribution >= 0.6 is 39.9 Å². The lowest BCUT2D eigenvalue weighted by molar-refractivity contribution is 0.0788. The lowest BCUT2D eigenvalue weighted by Gasteiger charge is -2.17. The first-order chi connectivity index (χ1) is 8.11. The van der Waals surface area contributed by atoms with E-state index in [1.165, 1.54) is 0 Å². The van der Waals surface area contributed by atoms with Crippen LogP contribution in [0.3, 0.4) is 0 Å². The largest absolute Gasteiger partial charge is 0.338 e. The van der Waals surface area contributed by atoms with Crippen molar-refractivity contribution in [3.63, 3.8) is 0 Å². The molecule has 2 N–H and O–H groups in total. The van der Waals surface area contributed by atoms with Crippen LogP contribution in [0.2, 0.25) is 5.02 Å². The van der Waals surface area contributed by atoms with Crippen molar-refractivity contribution in [3.05, 3.63) is 33.3 Å². The van der Waals surface area contributed by atoms with Crippen LogP contribution in [0, 0.1) is 5.92 Å². The molecule has 1 aliphatic rings. The molecule has 0 aliphatic carbocycles. The third kappa shape index (κ3) is 3.38. The molecular formula is C12H15BrCl2N2O. The summed E-state index contributed by atoms with van der Waals surface area (Å²) in [6.45, 7) is 2.15. The van der Waals surface area contributed by atoms with Crippen LogP contribution in [-0.2, 0) is 0 Å². The van der Waals surface area contributed by atoms with E-state index in [1.54, 1.807) is 12.1 Å². The Morgan fingerprint density at radius 2 is 2.28 bits per heavy atom. The highest BCUT2D eigenvalue weighted by Crippen LogP contribution is 2.25. The van der Waals surface area contributed by atoms with Crippen LogP contribution in [0.1, 0.15) is 16.8 Å². The van der Waals surface area contributed by atoms with Gasteiger partial charge >= 0.3 is 0 Å². The van der Waals surface area contributed by atoms with Crippen molar-refractivity contribution >= 4 is 45.8 Å². The van der Waals surface area contributed by atoms with E-state index >= 15 is 0 Å². The molecule has 100 valence electrons. The summed E-state index contributed by atoms with van der Waals surface area (Å²) in [6, 6.07) is 5.32. The van der Waals surface area contributed by atoms with Gasteiger partial charge in [-0.3, -0.25) is 4.79 Å². The van der Waals surface area contributed by atoms with Crippen LogP contribution < -0.4 is 5.73 Å². The average molecular weight is 354 g/mol. The number of amides is 1. The molecule has 0 spiro atoms. The summed E-state index contributed by atoms with van der Waals surface area (Å²) >= 11 is 9.39. The second kappa shape index (κ2) is 6.75. The van der Waals surface area contributed by atoms with Crippen molar-refractivity contribution in [2.75, 3.05) is 19.6 Å². The Morgan fingerprint density at radius 3 is 2.83 bits per heavy atom. The van der Waals surface area contributed by atoms with Crippen LogP contribution in [0.25, 0.3) is 0 Å². The monoisotopic (exact) mass is 352 g/mol. The van der Waals surface area contributed by atoms with Gasteiger partial charge in [-0.1, -0.05) is 27.5 Å². The molecule has 1 saturated heterocycles. The minimum atomic E-state index is -0.00144. The van der Waals surface area contributed by atoms with Crippen LogP contribution in [0.5, 0.6) is 0 Å². The molecule has 0 saturated carbocycles. The topological polar surface area (TPSA) is 46.3 Å². The molecule has 1 unspecified atom stereocenters. The van der Waals surface area contributed by atoms with E-state index in [4.69, 9.17) is 17.3 Å². The third-order valence-corrected chi connectivity index (χ3v) is 3.87. The maximum atomic E-state index is 12.2. The number of nitrogens with zero attached hydrogens (tertiary/aromatic N) is 1. The Kier molecular flexibility index (Phi) is 5.92. The first-order valence-corrected chi connectivity index (χ1v) is 6.73. The molecule has 1 aromatic carbocycles. The molecule has 0 aromatic heterocycles. The Labute approximate surface area is 126 Å². The molecule has 0 radical (unpaired) electrons. The molecule has 1 amide bonds. The van der Waals surface area contributed by atoms with Gasteiger partial charge in [-0.25, -0.2) is 0 Å². The Balaban J connectivity index is 0.00000162.